The number of hydrogen-bond acceptors (Lipinski definition) is 4. The first-order chi connectivity index (χ1) is 11.3. The first-order valence-electron chi connectivity index (χ1n) is 7.37. The third-order valence-corrected chi connectivity index (χ3v) is 4.08. The molecule has 0 aliphatic heterocycles. The van der Waals surface area contributed by atoms with E-state index in [9.17, 15) is 13.2 Å². The summed E-state index contributed by atoms with van der Waals surface area (Å²) in [5, 5.41) is 10.8. The molecule has 0 bridgehead atoms. The molecule has 0 saturated carbocycles. The lowest BCUT2D eigenvalue weighted by Crippen LogP contribution is -2.24. The van der Waals surface area contributed by atoms with E-state index in [4.69, 9.17) is 0 Å². The minimum atomic E-state index is -4.61. The van der Waals surface area contributed by atoms with E-state index in [-0.39, 0.29) is 11.7 Å². The lowest BCUT2D eigenvalue weighted by atomic mass is 10.0. The Kier molecular flexibility index (Phi) is 3.90. The van der Waals surface area contributed by atoms with E-state index < -0.39 is 12.0 Å². The van der Waals surface area contributed by atoms with Gasteiger partial charge < -0.3 is 4.90 Å². The Morgan fingerprint density at radius 1 is 1.08 bits per heavy atom. The second-order valence-corrected chi connectivity index (χ2v) is 5.63. The van der Waals surface area contributed by atoms with Crippen molar-refractivity contribution in [1.82, 2.24) is 19.8 Å². The minimum absolute atomic E-state index is 0.0537. The molecule has 0 N–H and O–H groups in total. The van der Waals surface area contributed by atoms with Crippen molar-refractivity contribution in [3.63, 3.8) is 0 Å². The average molecular weight is 335 g/mol. The van der Waals surface area contributed by atoms with Crippen molar-refractivity contribution in [2.75, 3.05) is 11.9 Å². The van der Waals surface area contributed by atoms with Crippen LogP contribution >= 0.6 is 0 Å². The SMILES string of the molecule is Cc1ccccc1C(C)N(C)c1ccc2nnc(C(F)(F)F)n2n1. The monoisotopic (exact) mass is 335 g/mol. The molecule has 24 heavy (non-hydrogen) atoms. The molecule has 0 aliphatic rings. The van der Waals surface area contributed by atoms with Gasteiger partial charge in [0.1, 0.15) is 5.82 Å². The Balaban J connectivity index is 2.01. The molecule has 3 aromatic rings. The zero-order valence-corrected chi connectivity index (χ0v) is 13.4. The number of halogens is 3. The van der Waals surface area contributed by atoms with Crippen LogP contribution in [0.25, 0.3) is 5.65 Å². The van der Waals surface area contributed by atoms with Crippen molar-refractivity contribution in [2.45, 2.75) is 26.1 Å². The molecule has 0 spiro atoms. The van der Waals surface area contributed by atoms with E-state index >= 15 is 0 Å². The molecule has 1 atom stereocenters. The molecule has 1 aromatic carbocycles. The van der Waals surface area contributed by atoms with Gasteiger partial charge in [-0.2, -0.15) is 17.7 Å². The summed E-state index contributed by atoms with van der Waals surface area (Å²) in [4.78, 5) is 1.82. The fourth-order valence-corrected chi connectivity index (χ4v) is 2.61. The van der Waals surface area contributed by atoms with Gasteiger partial charge in [0.25, 0.3) is 5.82 Å². The van der Waals surface area contributed by atoms with E-state index in [1.54, 1.807) is 13.1 Å². The van der Waals surface area contributed by atoms with Crippen LogP contribution in [-0.2, 0) is 6.18 Å². The van der Waals surface area contributed by atoms with Gasteiger partial charge in [0.05, 0.1) is 6.04 Å². The maximum Gasteiger partial charge on any atom is 0.453 e. The number of benzene rings is 1. The van der Waals surface area contributed by atoms with E-state index in [1.807, 2.05) is 43.0 Å². The number of aromatic nitrogens is 4. The number of alkyl halides is 3. The van der Waals surface area contributed by atoms with E-state index in [0.29, 0.717) is 5.82 Å². The highest BCUT2D eigenvalue weighted by Crippen LogP contribution is 2.29. The Morgan fingerprint density at radius 2 is 1.79 bits per heavy atom. The largest absolute Gasteiger partial charge is 0.453 e. The van der Waals surface area contributed by atoms with Crippen LogP contribution in [0.5, 0.6) is 0 Å². The number of anilines is 1. The zero-order chi connectivity index (χ0) is 17.5. The van der Waals surface area contributed by atoms with Crippen LogP contribution in [0.15, 0.2) is 36.4 Å². The van der Waals surface area contributed by atoms with Crippen molar-refractivity contribution < 1.29 is 13.2 Å². The maximum atomic E-state index is 13.0. The minimum Gasteiger partial charge on any atom is -0.351 e. The average Bonchev–Trinajstić information content (AvgIpc) is 2.97. The van der Waals surface area contributed by atoms with Gasteiger partial charge in [0.2, 0.25) is 0 Å². The molecule has 0 radical (unpaired) electrons. The van der Waals surface area contributed by atoms with E-state index in [0.717, 1.165) is 15.6 Å². The van der Waals surface area contributed by atoms with Gasteiger partial charge in [-0.05, 0) is 37.1 Å². The standard InChI is InChI=1S/C16H16F3N5/c1-10-6-4-5-7-12(10)11(2)23(3)14-9-8-13-20-21-15(16(17,18)19)24(13)22-14/h4-9,11H,1-3H3. The first kappa shape index (κ1) is 16.2. The lowest BCUT2D eigenvalue weighted by Gasteiger charge is -2.27. The Labute approximate surface area is 136 Å². The second-order valence-electron chi connectivity index (χ2n) is 5.63. The van der Waals surface area contributed by atoms with Crippen LogP contribution < -0.4 is 4.90 Å². The second kappa shape index (κ2) is 5.77. The van der Waals surface area contributed by atoms with Gasteiger partial charge in [-0.3, -0.25) is 0 Å². The van der Waals surface area contributed by atoms with Crippen LogP contribution in [0, 0.1) is 6.92 Å². The summed E-state index contributed by atoms with van der Waals surface area (Å²) in [6.07, 6.45) is -4.61. The Bertz CT molecular complexity index is 872. The fourth-order valence-electron chi connectivity index (χ4n) is 2.61. The van der Waals surface area contributed by atoms with Gasteiger partial charge in [-0.1, -0.05) is 24.3 Å². The van der Waals surface area contributed by atoms with Crippen LogP contribution in [0.2, 0.25) is 0 Å². The highest BCUT2D eigenvalue weighted by atomic mass is 19.4. The molecule has 0 amide bonds. The lowest BCUT2D eigenvalue weighted by molar-refractivity contribution is -0.146. The number of fused-ring (bicyclic) bond motifs is 1. The number of hydrogen-bond donors (Lipinski definition) is 0. The number of aryl methyl sites for hydroxylation is 1. The molecule has 0 fully saturated rings. The number of rotatable bonds is 3. The highest BCUT2D eigenvalue weighted by Gasteiger charge is 2.37. The van der Waals surface area contributed by atoms with Crippen LogP contribution in [-0.4, -0.2) is 26.9 Å². The summed E-state index contributed by atoms with van der Waals surface area (Å²) in [6, 6.07) is 10.9. The van der Waals surface area contributed by atoms with Crippen LogP contribution in [0.3, 0.4) is 0 Å². The summed E-state index contributed by atoms with van der Waals surface area (Å²) in [5.41, 5.74) is 2.25. The molecular weight excluding hydrogens is 319 g/mol. The van der Waals surface area contributed by atoms with Crippen molar-refractivity contribution >= 4 is 11.5 Å². The zero-order valence-electron chi connectivity index (χ0n) is 13.4. The Morgan fingerprint density at radius 3 is 2.46 bits per heavy atom. The van der Waals surface area contributed by atoms with Crippen LogP contribution in [0.4, 0.5) is 19.0 Å². The van der Waals surface area contributed by atoms with Crippen molar-refractivity contribution in [3.05, 3.63) is 53.3 Å². The molecule has 0 saturated heterocycles. The fraction of sp³-hybridized carbons (Fsp3) is 0.312. The molecule has 3 rings (SSSR count). The third-order valence-electron chi connectivity index (χ3n) is 4.08. The molecular formula is C16H16F3N5. The smallest absolute Gasteiger partial charge is 0.351 e. The summed E-state index contributed by atoms with van der Waals surface area (Å²) in [5.74, 6) is -0.722. The summed E-state index contributed by atoms with van der Waals surface area (Å²) >= 11 is 0. The number of nitrogens with zero attached hydrogens (tertiary/aromatic N) is 5. The van der Waals surface area contributed by atoms with Gasteiger partial charge in [-0.15, -0.1) is 15.3 Å². The van der Waals surface area contributed by atoms with Gasteiger partial charge >= 0.3 is 6.18 Å². The highest BCUT2D eigenvalue weighted by molar-refractivity contribution is 5.47. The summed E-state index contributed by atoms with van der Waals surface area (Å²) in [6.45, 7) is 3.98. The predicted molar refractivity (Wildman–Crippen MR) is 83.8 cm³/mol. The summed E-state index contributed by atoms with van der Waals surface area (Å²) in [7, 11) is 1.79. The molecule has 2 aromatic heterocycles. The Hall–Kier alpha value is -2.64. The molecule has 5 nitrogen and oxygen atoms in total. The normalized spacial score (nSPS) is 13.2. The van der Waals surface area contributed by atoms with Gasteiger partial charge in [-0.25, -0.2) is 0 Å². The molecule has 0 aliphatic carbocycles. The van der Waals surface area contributed by atoms with Crippen molar-refractivity contribution in [1.29, 1.82) is 0 Å². The van der Waals surface area contributed by atoms with E-state index in [2.05, 4.69) is 15.3 Å². The molecule has 8 heteroatoms. The van der Waals surface area contributed by atoms with Crippen LogP contribution in [0.1, 0.15) is 29.9 Å². The quantitative estimate of drug-likeness (QED) is 0.733. The third kappa shape index (κ3) is 2.79. The topological polar surface area (TPSA) is 46.3 Å². The van der Waals surface area contributed by atoms with Gasteiger partial charge in [0, 0.05) is 7.05 Å². The molecule has 126 valence electrons. The van der Waals surface area contributed by atoms with Crippen molar-refractivity contribution in [2.24, 2.45) is 0 Å². The maximum absolute atomic E-state index is 13.0. The summed E-state index contributed by atoms with van der Waals surface area (Å²) < 4.78 is 39.7. The van der Waals surface area contributed by atoms with Gasteiger partial charge in [0.15, 0.2) is 5.65 Å². The van der Waals surface area contributed by atoms with E-state index in [1.165, 1.54) is 6.07 Å². The van der Waals surface area contributed by atoms with Crippen molar-refractivity contribution in [3.8, 4) is 0 Å². The molecule has 2 heterocycles. The first-order valence-corrected chi connectivity index (χ1v) is 7.37. The predicted octanol–water partition coefficient (Wildman–Crippen LogP) is 3.65. The molecule has 1 unspecified atom stereocenters.